The number of anilines is 1. The summed E-state index contributed by atoms with van der Waals surface area (Å²) in [6.07, 6.45) is 0. The standard InChI is InChI=1S/C22H24N2O3S/c1-5-26-18-10-8-17(9-11-18)24-22(25)21-16(4)23-20(28-21)13-27-19-12-14(2)6-7-15(19)3/h6-12H,5,13H2,1-4H3,(H,24,25). The van der Waals surface area contributed by atoms with E-state index >= 15 is 0 Å². The van der Waals surface area contributed by atoms with E-state index in [0.717, 1.165) is 33.3 Å². The van der Waals surface area contributed by atoms with Crippen molar-refractivity contribution in [2.24, 2.45) is 0 Å². The molecule has 0 unspecified atom stereocenters. The van der Waals surface area contributed by atoms with Crippen LogP contribution < -0.4 is 14.8 Å². The number of thiazole rings is 1. The highest BCUT2D eigenvalue weighted by Crippen LogP contribution is 2.24. The maximum atomic E-state index is 12.6. The number of benzene rings is 2. The fraction of sp³-hybridized carbons (Fsp3) is 0.273. The molecule has 0 bridgehead atoms. The van der Waals surface area contributed by atoms with E-state index in [1.165, 1.54) is 11.3 Å². The Morgan fingerprint density at radius 1 is 1.07 bits per heavy atom. The number of aryl methyl sites for hydroxylation is 3. The highest BCUT2D eigenvalue weighted by atomic mass is 32.1. The molecule has 0 saturated carbocycles. The van der Waals surface area contributed by atoms with Crippen LogP contribution in [0.2, 0.25) is 0 Å². The molecule has 5 nitrogen and oxygen atoms in total. The molecule has 6 heteroatoms. The number of nitrogens with one attached hydrogen (secondary N) is 1. The molecule has 1 amide bonds. The fourth-order valence-corrected chi connectivity index (χ4v) is 3.59. The molecule has 0 spiro atoms. The van der Waals surface area contributed by atoms with Crippen LogP contribution in [-0.2, 0) is 6.61 Å². The highest BCUT2D eigenvalue weighted by Gasteiger charge is 2.16. The van der Waals surface area contributed by atoms with Gasteiger partial charge in [0.2, 0.25) is 0 Å². The molecule has 28 heavy (non-hydrogen) atoms. The van der Waals surface area contributed by atoms with Crippen LogP contribution in [0.5, 0.6) is 11.5 Å². The van der Waals surface area contributed by atoms with Crippen LogP contribution in [0.1, 0.15) is 38.4 Å². The van der Waals surface area contributed by atoms with Crippen LogP contribution in [0, 0.1) is 20.8 Å². The van der Waals surface area contributed by atoms with Crippen LogP contribution in [0.3, 0.4) is 0 Å². The van der Waals surface area contributed by atoms with Crippen LogP contribution in [0.15, 0.2) is 42.5 Å². The molecule has 0 aliphatic carbocycles. The van der Waals surface area contributed by atoms with Crippen molar-refractivity contribution in [2.45, 2.75) is 34.3 Å². The topological polar surface area (TPSA) is 60.5 Å². The Bertz CT molecular complexity index is 964. The molecule has 1 heterocycles. The second-order valence-electron chi connectivity index (χ2n) is 6.49. The van der Waals surface area contributed by atoms with E-state index in [0.29, 0.717) is 23.8 Å². The molecule has 146 valence electrons. The second-order valence-corrected chi connectivity index (χ2v) is 7.57. The summed E-state index contributed by atoms with van der Waals surface area (Å²) in [5.41, 5.74) is 3.64. The Hall–Kier alpha value is -2.86. The smallest absolute Gasteiger partial charge is 0.267 e. The second kappa shape index (κ2) is 8.89. The van der Waals surface area contributed by atoms with Gasteiger partial charge in [-0.05, 0) is 69.2 Å². The lowest BCUT2D eigenvalue weighted by atomic mass is 10.1. The summed E-state index contributed by atoms with van der Waals surface area (Å²) in [4.78, 5) is 17.7. The van der Waals surface area contributed by atoms with Gasteiger partial charge >= 0.3 is 0 Å². The van der Waals surface area contributed by atoms with Crippen molar-refractivity contribution in [1.82, 2.24) is 4.98 Å². The normalized spacial score (nSPS) is 10.6. The highest BCUT2D eigenvalue weighted by molar-refractivity contribution is 7.13. The van der Waals surface area contributed by atoms with Crippen LogP contribution in [-0.4, -0.2) is 17.5 Å². The lowest BCUT2D eigenvalue weighted by Crippen LogP contribution is -2.11. The van der Waals surface area contributed by atoms with Gasteiger partial charge < -0.3 is 14.8 Å². The number of rotatable bonds is 7. The molecule has 0 fully saturated rings. The number of hydrogen-bond acceptors (Lipinski definition) is 5. The van der Waals surface area contributed by atoms with Gasteiger partial charge in [-0.2, -0.15) is 0 Å². The van der Waals surface area contributed by atoms with Gasteiger partial charge in [0.25, 0.3) is 5.91 Å². The Morgan fingerprint density at radius 3 is 2.54 bits per heavy atom. The maximum absolute atomic E-state index is 12.6. The number of carbonyl (C=O) groups is 1. The maximum Gasteiger partial charge on any atom is 0.267 e. The van der Waals surface area contributed by atoms with Crippen LogP contribution in [0.25, 0.3) is 0 Å². The average molecular weight is 397 g/mol. The third-order valence-corrected chi connectivity index (χ3v) is 5.29. The molecular formula is C22H24N2O3S. The summed E-state index contributed by atoms with van der Waals surface area (Å²) >= 11 is 1.35. The first-order valence-corrected chi connectivity index (χ1v) is 9.98. The number of ether oxygens (including phenoxy) is 2. The summed E-state index contributed by atoms with van der Waals surface area (Å²) < 4.78 is 11.3. The summed E-state index contributed by atoms with van der Waals surface area (Å²) in [7, 11) is 0. The minimum Gasteiger partial charge on any atom is -0.494 e. The third kappa shape index (κ3) is 4.89. The fourth-order valence-electron chi connectivity index (χ4n) is 2.72. The van der Waals surface area contributed by atoms with Crippen molar-refractivity contribution in [1.29, 1.82) is 0 Å². The summed E-state index contributed by atoms with van der Waals surface area (Å²) in [6.45, 7) is 8.76. The first kappa shape index (κ1) is 19.9. The molecule has 1 N–H and O–H groups in total. The summed E-state index contributed by atoms with van der Waals surface area (Å²) in [5.74, 6) is 1.45. The predicted molar refractivity (Wildman–Crippen MR) is 113 cm³/mol. The van der Waals surface area contributed by atoms with E-state index in [1.54, 1.807) is 0 Å². The molecule has 0 aliphatic rings. The summed E-state index contributed by atoms with van der Waals surface area (Å²) in [6, 6.07) is 13.4. The van der Waals surface area contributed by atoms with Crippen molar-refractivity contribution in [2.75, 3.05) is 11.9 Å². The number of hydrogen-bond donors (Lipinski definition) is 1. The molecule has 2 aromatic carbocycles. The molecule has 3 aromatic rings. The Balaban J connectivity index is 1.65. The van der Waals surface area contributed by atoms with E-state index in [-0.39, 0.29) is 5.91 Å². The van der Waals surface area contributed by atoms with Crippen molar-refractivity contribution >= 4 is 22.9 Å². The van der Waals surface area contributed by atoms with Crippen molar-refractivity contribution < 1.29 is 14.3 Å². The third-order valence-electron chi connectivity index (χ3n) is 4.17. The van der Waals surface area contributed by atoms with Crippen molar-refractivity contribution in [3.05, 3.63) is 69.2 Å². The lowest BCUT2D eigenvalue weighted by Gasteiger charge is -2.08. The molecule has 1 aromatic heterocycles. The van der Waals surface area contributed by atoms with E-state index in [9.17, 15) is 4.79 Å². The van der Waals surface area contributed by atoms with Gasteiger partial charge in [-0.25, -0.2) is 4.98 Å². The van der Waals surface area contributed by atoms with Gasteiger partial charge in [0, 0.05) is 5.69 Å². The largest absolute Gasteiger partial charge is 0.494 e. The van der Waals surface area contributed by atoms with Crippen LogP contribution in [0.4, 0.5) is 5.69 Å². The van der Waals surface area contributed by atoms with Crippen molar-refractivity contribution in [3.8, 4) is 11.5 Å². The number of aromatic nitrogens is 1. The minimum absolute atomic E-state index is 0.169. The minimum atomic E-state index is -0.169. The van der Waals surface area contributed by atoms with Gasteiger partial charge in [0.1, 0.15) is 28.0 Å². The summed E-state index contributed by atoms with van der Waals surface area (Å²) in [5, 5.41) is 3.68. The molecule has 0 atom stereocenters. The van der Waals surface area contributed by atoms with E-state index < -0.39 is 0 Å². The number of nitrogens with zero attached hydrogens (tertiary/aromatic N) is 1. The van der Waals surface area contributed by atoms with Gasteiger partial charge in [-0.15, -0.1) is 11.3 Å². The van der Waals surface area contributed by atoms with Gasteiger partial charge in [-0.3, -0.25) is 4.79 Å². The Kier molecular flexibility index (Phi) is 6.31. The van der Waals surface area contributed by atoms with E-state index in [4.69, 9.17) is 9.47 Å². The Morgan fingerprint density at radius 2 is 1.82 bits per heavy atom. The monoisotopic (exact) mass is 396 g/mol. The molecular weight excluding hydrogens is 372 g/mol. The zero-order valence-electron chi connectivity index (χ0n) is 16.5. The van der Waals surface area contributed by atoms with Gasteiger partial charge in [0.05, 0.1) is 12.3 Å². The molecule has 0 saturated heterocycles. The van der Waals surface area contributed by atoms with E-state index in [2.05, 4.69) is 16.4 Å². The first-order chi connectivity index (χ1) is 13.5. The van der Waals surface area contributed by atoms with Crippen LogP contribution >= 0.6 is 11.3 Å². The quantitative estimate of drug-likeness (QED) is 0.589. The molecule has 0 radical (unpaired) electrons. The lowest BCUT2D eigenvalue weighted by molar-refractivity contribution is 0.103. The Labute approximate surface area is 169 Å². The number of amides is 1. The molecule has 0 aliphatic heterocycles. The number of carbonyl (C=O) groups excluding carboxylic acids is 1. The first-order valence-electron chi connectivity index (χ1n) is 9.17. The zero-order valence-corrected chi connectivity index (χ0v) is 17.4. The predicted octanol–water partition coefficient (Wildman–Crippen LogP) is 5.30. The van der Waals surface area contributed by atoms with Gasteiger partial charge in [0.15, 0.2) is 0 Å². The zero-order chi connectivity index (χ0) is 20.1. The van der Waals surface area contributed by atoms with Gasteiger partial charge in [-0.1, -0.05) is 12.1 Å². The molecule has 3 rings (SSSR count). The van der Waals surface area contributed by atoms with Crippen molar-refractivity contribution in [3.63, 3.8) is 0 Å². The van der Waals surface area contributed by atoms with E-state index in [1.807, 2.05) is 64.1 Å². The SMILES string of the molecule is CCOc1ccc(NC(=O)c2sc(COc3cc(C)ccc3C)nc2C)cc1. The average Bonchev–Trinajstić information content (AvgIpc) is 3.05.